The first-order valence-corrected chi connectivity index (χ1v) is 9.52. The van der Waals surface area contributed by atoms with Crippen molar-refractivity contribution in [3.63, 3.8) is 0 Å². The molecule has 1 amide bonds. The van der Waals surface area contributed by atoms with Crippen LogP contribution in [0.5, 0.6) is 11.5 Å². The number of hydrogen-bond donors (Lipinski definition) is 0. The number of amides is 1. The van der Waals surface area contributed by atoms with Gasteiger partial charge in [-0.25, -0.2) is 9.78 Å². The summed E-state index contributed by atoms with van der Waals surface area (Å²) in [6.07, 6.45) is 4.75. The van der Waals surface area contributed by atoms with Crippen molar-refractivity contribution in [1.82, 2.24) is 14.9 Å². The molecule has 0 saturated carbocycles. The summed E-state index contributed by atoms with van der Waals surface area (Å²) in [6.45, 7) is 2.79. The van der Waals surface area contributed by atoms with Gasteiger partial charge in [0, 0.05) is 38.6 Å². The minimum Gasteiger partial charge on any atom is -0.457 e. The van der Waals surface area contributed by atoms with Crippen molar-refractivity contribution in [1.29, 1.82) is 0 Å². The van der Waals surface area contributed by atoms with Gasteiger partial charge in [0.1, 0.15) is 23.9 Å². The van der Waals surface area contributed by atoms with Gasteiger partial charge in [-0.1, -0.05) is 30.3 Å². The van der Waals surface area contributed by atoms with Crippen molar-refractivity contribution >= 4 is 11.9 Å². The molecule has 0 radical (unpaired) electrons. The molecule has 4 rings (SSSR count). The fraction of sp³-hybridized carbons (Fsp3) is 0.227. The molecule has 0 atom stereocenters. The van der Waals surface area contributed by atoms with E-state index in [-0.39, 0.29) is 12.7 Å². The predicted molar refractivity (Wildman–Crippen MR) is 109 cm³/mol. The molecule has 2 aromatic carbocycles. The summed E-state index contributed by atoms with van der Waals surface area (Å²) in [7, 11) is 0. The third-order valence-corrected chi connectivity index (χ3v) is 4.65. The molecule has 1 aromatic heterocycles. The fourth-order valence-corrected chi connectivity index (χ4v) is 3.13. The van der Waals surface area contributed by atoms with Gasteiger partial charge in [0.2, 0.25) is 0 Å². The molecule has 148 valence electrons. The van der Waals surface area contributed by atoms with E-state index in [1.807, 2.05) is 54.6 Å². The van der Waals surface area contributed by atoms with Gasteiger partial charge in [0.15, 0.2) is 0 Å². The predicted octanol–water partition coefficient (Wildman–Crippen LogP) is 3.73. The second-order valence-electron chi connectivity index (χ2n) is 6.65. The number of carbonyl (C=O) groups is 1. The fourth-order valence-electron chi connectivity index (χ4n) is 3.13. The maximum atomic E-state index is 12.4. The SMILES string of the molecule is O=C(OCc1cccc(Oc2ccccc2)c1)N1CCN(c2cnccn2)CC1. The average molecular weight is 390 g/mol. The Labute approximate surface area is 169 Å². The highest BCUT2D eigenvalue weighted by Crippen LogP contribution is 2.22. The summed E-state index contributed by atoms with van der Waals surface area (Å²) in [4.78, 5) is 24.6. The Kier molecular flexibility index (Phi) is 5.85. The maximum Gasteiger partial charge on any atom is 0.410 e. The first-order chi connectivity index (χ1) is 14.3. The molecule has 1 aliphatic rings. The topological polar surface area (TPSA) is 67.8 Å². The van der Waals surface area contributed by atoms with E-state index in [0.717, 1.165) is 17.1 Å². The number of benzene rings is 2. The standard InChI is InChI=1S/C22H22N4O3/c27-22(26-13-11-25(12-14-26)21-16-23-9-10-24-21)28-17-18-5-4-8-20(15-18)29-19-6-2-1-3-7-19/h1-10,15-16H,11-14,17H2. The molecular formula is C22H22N4O3. The highest BCUT2D eigenvalue weighted by molar-refractivity contribution is 5.68. The van der Waals surface area contributed by atoms with E-state index < -0.39 is 0 Å². The Morgan fingerprint density at radius 2 is 1.72 bits per heavy atom. The number of ether oxygens (including phenoxy) is 2. The number of rotatable bonds is 5. The van der Waals surface area contributed by atoms with Gasteiger partial charge >= 0.3 is 6.09 Å². The van der Waals surface area contributed by atoms with E-state index in [1.54, 1.807) is 23.5 Å². The summed E-state index contributed by atoms with van der Waals surface area (Å²) in [5.41, 5.74) is 0.880. The number of anilines is 1. The Bertz CT molecular complexity index is 929. The van der Waals surface area contributed by atoms with Crippen molar-refractivity contribution in [2.45, 2.75) is 6.61 Å². The monoisotopic (exact) mass is 390 g/mol. The zero-order chi connectivity index (χ0) is 19.9. The normalized spacial score (nSPS) is 13.8. The lowest BCUT2D eigenvalue weighted by molar-refractivity contribution is 0.0941. The molecule has 7 heteroatoms. The van der Waals surface area contributed by atoms with Crippen molar-refractivity contribution in [3.05, 3.63) is 78.8 Å². The summed E-state index contributed by atoms with van der Waals surface area (Å²) in [5.74, 6) is 2.31. The van der Waals surface area contributed by atoms with Crippen LogP contribution in [0.1, 0.15) is 5.56 Å². The van der Waals surface area contributed by atoms with Gasteiger partial charge in [-0.2, -0.15) is 0 Å². The zero-order valence-electron chi connectivity index (χ0n) is 16.0. The number of nitrogens with zero attached hydrogens (tertiary/aromatic N) is 4. The van der Waals surface area contributed by atoms with Crippen LogP contribution < -0.4 is 9.64 Å². The molecule has 3 aromatic rings. The Balaban J connectivity index is 1.27. The lowest BCUT2D eigenvalue weighted by Gasteiger charge is -2.34. The lowest BCUT2D eigenvalue weighted by Crippen LogP contribution is -2.49. The van der Waals surface area contributed by atoms with Crippen molar-refractivity contribution in [2.24, 2.45) is 0 Å². The molecule has 0 spiro atoms. The second kappa shape index (κ2) is 9.05. The van der Waals surface area contributed by atoms with Crippen LogP contribution in [0.2, 0.25) is 0 Å². The molecule has 0 unspecified atom stereocenters. The number of hydrogen-bond acceptors (Lipinski definition) is 6. The zero-order valence-corrected chi connectivity index (χ0v) is 16.0. The number of piperazine rings is 1. The minimum absolute atomic E-state index is 0.204. The number of carbonyl (C=O) groups excluding carboxylic acids is 1. The van der Waals surface area contributed by atoms with E-state index in [9.17, 15) is 4.79 Å². The Morgan fingerprint density at radius 1 is 0.931 bits per heavy atom. The van der Waals surface area contributed by atoms with E-state index in [4.69, 9.17) is 9.47 Å². The third-order valence-electron chi connectivity index (χ3n) is 4.65. The van der Waals surface area contributed by atoms with E-state index in [0.29, 0.717) is 31.9 Å². The van der Waals surface area contributed by atoms with Crippen LogP contribution in [0.15, 0.2) is 73.2 Å². The molecule has 1 aliphatic heterocycles. The van der Waals surface area contributed by atoms with Crippen LogP contribution in [-0.2, 0) is 11.3 Å². The summed E-state index contributed by atoms with van der Waals surface area (Å²) in [6, 6.07) is 17.1. The van der Waals surface area contributed by atoms with E-state index >= 15 is 0 Å². The van der Waals surface area contributed by atoms with Crippen LogP contribution in [0, 0.1) is 0 Å². The molecule has 0 aliphatic carbocycles. The lowest BCUT2D eigenvalue weighted by atomic mass is 10.2. The molecule has 0 N–H and O–H groups in total. The molecule has 29 heavy (non-hydrogen) atoms. The molecular weight excluding hydrogens is 368 g/mol. The maximum absolute atomic E-state index is 12.4. The van der Waals surface area contributed by atoms with Gasteiger partial charge in [-0.3, -0.25) is 4.98 Å². The van der Waals surface area contributed by atoms with Crippen molar-refractivity contribution in [3.8, 4) is 11.5 Å². The molecule has 2 heterocycles. The highest BCUT2D eigenvalue weighted by Gasteiger charge is 2.23. The van der Waals surface area contributed by atoms with Crippen molar-refractivity contribution in [2.75, 3.05) is 31.1 Å². The van der Waals surface area contributed by atoms with Gasteiger partial charge in [0.25, 0.3) is 0 Å². The van der Waals surface area contributed by atoms with Gasteiger partial charge in [-0.05, 0) is 29.8 Å². The number of para-hydroxylation sites is 1. The largest absolute Gasteiger partial charge is 0.457 e. The van der Waals surface area contributed by atoms with Crippen LogP contribution in [0.25, 0.3) is 0 Å². The van der Waals surface area contributed by atoms with Gasteiger partial charge in [0.05, 0.1) is 6.20 Å². The number of aromatic nitrogens is 2. The third kappa shape index (κ3) is 5.01. The van der Waals surface area contributed by atoms with Crippen LogP contribution >= 0.6 is 0 Å². The first kappa shape index (κ1) is 18.7. The smallest absolute Gasteiger partial charge is 0.410 e. The average Bonchev–Trinajstić information content (AvgIpc) is 2.79. The molecule has 7 nitrogen and oxygen atoms in total. The van der Waals surface area contributed by atoms with E-state index in [2.05, 4.69) is 14.9 Å². The van der Waals surface area contributed by atoms with Gasteiger partial charge in [-0.15, -0.1) is 0 Å². The van der Waals surface area contributed by atoms with Crippen molar-refractivity contribution < 1.29 is 14.3 Å². The first-order valence-electron chi connectivity index (χ1n) is 9.52. The second-order valence-corrected chi connectivity index (χ2v) is 6.65. The quantitative estimate of drug-likeness (QED) is 0.661. The minimum atomic E-state index is -0.307. The van der Waals surface area contributed by atoms with Crippen LogP contribution in [-0.4, -0.2) is 47.1 Å². The van der Waals surface area contributed by atoms with Crippen LogP contribution in [0.4, 0.5) is 10.6 Å². The Hall–Kier alpha value is -3.61. The molecule has 1 fully saturated rings. The molecule has 1 saturated heterocycles. The molecule has 0 bridgehead atoms. The highest BCUT2D eigenvalue weighted by atomic mass is 16.6. The Morgan fingerprint density at radius 3 is 2.48 bits per heavy atom. The van der Waals surface area contributed by atoms with Crippen LogP contribution in [0.3, 0.4) is 0 Å². The summed E-state index contributed by atoms with van der Waals surface area (Å²) >= 11 is 0. The van der Waals surface area contributed by atoms with Gasteiger partial charge < -0.3 is 19.3 Å². The summed E-state index contributed by atoms with van der Waals surface area (Å²) in [5, 5.41) is 0. The summed E-state index contributed by atoms with van der Waals surface area (Å²) < 4.78 is 11.3. The van der Waals surface area contributed by atoms with E-state index in [1.165, 1.54) is 0 Å².